The van der Waals surface area contributed by atoms with Gasteiger partial charge in [0.2, 0.25) is 5.89 Å². The monoisotopic (exact) mass is 368 g/mol. The first kappa shape index (κ1) is 17.7. The van der Waals surface area contributed by atoms with Gasteiger partial charge in [-0.1, -0.05) is 30.3 Å². The van der Waals surface area contributed by atoms with Gasteiger partial charge in [-0.2, -0.15) is 10.1 Å². The third-order valence-electron chi connectivity index (χ3n) is 4.96. The molecule has 4 rings (SSSR count). The molecule has 0 atom stereocenters. The molecule has 1 N–H and O–H groups in total. The Morgan fingerprint density at radius 3 is 2.70 bits per heavy atom. The number of benzene rings is 1. The number of nitrogens with one attached hydrogen (secondary N) is 1. The average molecular weight is 368 g/mol. The van der Waals surface area contributed by atoms with E-state index in [-0.39, 0.29) is 12.2 Å². The summed E-state index contributed by atoms with van der Waals surface area (Å²) in [5, 5.41) is 11.9. The molecule has 1 aliphatic rings. The van der Waals surface area contributed by atoms with Crippen LogP contribution in [-0.2, 0) is 19.4 Å². The van der Waals surface area contributed by atoms with Crippen molar-refractivity contribution in [1.82, 2.24) is 29.8 Å². The number of piperidine rings is 1. The highest BCUT2D eigenvalue weighted by Crippen LogP contribution is 2.18. The SMILES string of the molecule is CCc1noc(Cn2nc(CC3CCNCC3)n(-c3ccccc3)c2=O)n1. The van der Waals surface area contributed by atoms with Crippen molar-refractivity contribution in [2.24, 2.45) is 5.92 Å². The minimum atomic E-state index is -0.179. The highest BCUT2D eigenvalue weighted by atomic mass is 16.5. The summed E-state index contributed by atoms with van der Waals surface area (Å²) in [5.74, 6) is 2.35. The summed E-state index contributed by atoms with van der Waals surface area (Å²) in [6, 6.07) is 9.66. The molecule has 1 saturated heterocycles. The summed E-state index contributed by atoms with van der Waals surface area (Å²) in [5.41, 5.74) is 0.652. The molecular formula is C19H24N6O2. The van der Waals surface area contributed by atoms with Gasteiger partial charge in [-0.05, 0) is 44.0 Å². The summed E-state index contributed by atoms with van der Waals surface area (Å²) in [6.45, 7) is 4.18. The number of aromatic nitrogens is 5. The summed E-state index contributed by atoms with van der Waals surface area (Å²) in [4.78, 5) is 17.4. The van der Waals surface area contributed by atoms with Crippen molar-refractivity contribution in [2.75, 3.05) is 13.1 Å². The van der Waals surface area contributed by atoms with Crippen LogP contribution in [0, 0.1) is 5.92 Å². The van der Waals surface area contributed by atoms with Crippen molar-refractivity contribution >= 4 is 0 Å². The lowest BCUT2D eigenvalue weighted by Crippen LogP contribution is -2.29. The van der Waals surface area contributed by atoms with Crippen LogP contribution in [0.25, 0.3) is 5.69 Å². The molecule has 0 radical (unpaired) electrons. The minimum absolute atomic E-state index is 0.179. The second kappa shape index (κ2) is 7.87. The molecule has 1 aromatic carbocycles. The number of para-hydroxylation sites is 1. The quantitative estimate of drug-likeness (QED) is 0.710. The number of hydrogen-bond acceptors (Lipinski definition) is 6. The second-order valence-corrected chi connectivity index (χ2v) is 6.88. The van der Waals surface area contributed by atoms with E-state index in [0.29, 0.717) is 24.1 Å². The molecular weight excluding hydrogens is 344 g/mol. The molecule has 2 aromatic heterocycles. The maximum atomic E-state index is 13.1. The Hall–Kier alpha value is -2.74. The Kier molecular flexibility index (Phi) is 5.15. The first-order valence-electron chi connectivity index (χ1n) is 9.51. The van der Waals surface area contributed by atoms with Crippen molar-refractivity contribution < 1.29 is 4.52 Å². The molecule has 27 heavy (non-hydrogen) atoms. The van der Waals surface area contributed by atoms with Gasteiger partial charge in [0.1, 0.15) is 12.4 Å². The van der Waals surface area contributed by atoms with Crippen LogP contribution in [0.5, 0.6) is 0 Å². The zero-order chi connectivity index (χ0) is 18.6. The van der Waals surface area contributed by atoms with Crippen LogP contribution in [0.15, 0.2) is 39.6 Å². The van der Waals surface area contributed by atoms with E-state index >= 15 is 0 Å². The molecule has 0 unspecified atom stereocenters. The molecule has 8 heteroatoms. The molecule has 3 aromatic rings. The van der Waals surface area contributed by atoms with Crippen LogP contribution in [0.3, 0.4) is 0 Å². The van der Waals surface area contributed by atoms with Crippen molar-refractivity contribution in [3.05, 3.63) is 58.4 Å². The molecule has 0 spiro atoms. The number of aryl methyl sites for hydroxylation is 1. The lowest BCUT2D eigenvalue weighted by atomic mass is 9.94. The lowest BCUT2D eigenvalue weighted by Gasteiger charge is -2.22. The van der Waals surface area contributed by atoms with E-state index in [1.807, 2.05) is 37.3 Å². The predicted molar refractivity (Wildman–Crippen MR) is 99.9 cm³/mol. The summed E-state index contributed by atoms with van der Waals surface area (Å²) < 4.78 is 8.38. The van der Waals surface area contributed by atoms with Gasteiger partial charge < -0.3 is 9.84 Å². The summed E-state index contributed by atoms with van der Waals surface area (Å²) in [7, 11) is 0. The maximum Gasteiger partial charge on any atom is 0.351 e. The lowest BCUT2D eigenvalue weighted by molar-refractivity contribution is 0.356. The van der Waals surface area contributed by atoms with Crippen molar-refractivity contribution in [3.63, 3.8) is 0 Å². The van der Waals surface area contributed by atoms with Crippen LogP contribution in [0.4, 0.5) is 0 Å². The van der Waals surface area contributed by atoms with Crippen molar-refractivity contribution in [3.8, 4) is 5.69 Å². The topological polar surface area (TPSA) is 90.8 Å². The maximum absolute atomic E-state index is 13.1. The van der Waals surface area contributed by atoms with Crippen molar-refractivity contribution in [1.29, 1.82) is 0 Å². The van der Waals surface area contributed by atoms with Crippen LogP contribution in [-0.4, -0.2) is 37.6 Å². The van der Waals surface area contributed by atoms with E-state index in [1.165, 1.54) is 4.68 Å². The minimum Gasteiger partial charge on any atom is -0.337 e. The Bertz CT molecular complexity index is 937. The van der Waals surface area contributed by atoms with E-state index in [4.69, 9.17) is 4.52 Å². The van der Waals surface area contributed by atoms with Gasteiger partial charge >= 0.3 is 5.69 Å². The van der Waals surface area contributed by atoms with Crippen molar-refractivity contribution in [2.45, 2.75) is 39.2 Å². The third kappa shape index (κ3) is 3.85. The Morgan fingerprint density at radius 2 is 2.00 bits per heavy atom. The van der Waals surface area contributed by atoms with E-state index in [9.17, 15) is 4.79 Å². The van der Waals surface area contributed by atoms with Crippen LogP contribution in [0.1, 0.15) is 37.3 Å². The summed E-state index contributed by atoms with van der Waals surface area (Å²) >= 11 is 0. The first-order valence-corrected chi connectivity index (χ1v) is 9.51. The molecule has 0 bridgehead atoms. The second-order valence-electron chi connectivity index (χ2n) is 6.88. The van der Waals surface area contributed by atoms with E-state index in [0.717, 1.165) is 43.9 Å². The standard InChI is InChI=1S/C19H24N6O2/c1-2-16-21-18(27-23-16)13-24-19(26)25(15-6-4-3-5-7-15)17(22-24)12-14-8-10-20-11-9-14/h3-7,14,20H,2,8-13H2,1H3. The zero-order valence-corrected chi connectivity index (χ0v) is 15.5. The molecule has 142 valence electrons. The molecule has 0 amide bonds. The van der Waals surface area contributed by atoms with Gasteiger partial charge in [0.25, 0.3) is 0 Å². The Morgan fingerprint density at radius 1 is 1.22 bits per heavy atom. The van der Waals surface area contributed by atoms with Gasteiger partial charge in [-0.3, -0.25) is 0 Å². The molecule has 8 nitrogen and oxygen atoms in total. The summed E-state index contributed by atoms with van der Waals surface area (Å²) in [6.07, 6.45) is 3.67. The fraction of sp³-hybridized carbons (Fsp3) is 0.474. The normalized spacial score (nSPS) is 15.3. The van der Waals surface area contributed by atoms with Gasteiger partial charge in [0, 0.05) is 12.8 Å². The van der Waals surface area contributed by atoms with Gasteiger partial charge in [0.05, 0.1) is 5.69 Å². The highest BCUT2D eigenvalue weighted by molar-refractivity contribution is 5.32. The smallest absolute Gasteiger partial charge is 0.337 e. The molecule has 3 heterocycles. The van der Waals surface area contributed by atoms with Crippen LogP contribution in [0.2, 0.25) is 0 Å². The highest BCUT2D eigenvalue weighted by Gasteiger charge is 2.21. The fourth-order valence-corrected chi connectivity index (χ4v) is 3.49. The van der Waals surface area contributed by atoms with Gasteiger partial charge in [0.15, 0.2) is 5.82 Å². The van der Waals surface area contributed by atoms with E-state index in [1.54, 1.807) is 4.57 Å². The number of hydrogen-bond donors (Lipinski definition) is 1. The van der Waals surface area contributed by atoms with Gasteiger partial charge in [-0.25, -0.2) is 14.0 Å². The number of rotatable bonds is 6. The predicted octanol–water partition coefficient (Wildman–Crippen LogP) is 1.57. The first-order chi connectivity index (χ1) is 13.2. The van der Waals surface area contributed by atoms with E-state index in [2.05, 4.69) is 20.6 Å². The molecule has 0 saturated carbocycles. The Balaban J connectivity index is 1.68. The largest absolute Gasteiger partial charge is 0.351 e. The fourth-order valence-electron chi connectivity index (χ4n) is 3.49. The molecule has 0 aliphatic carbocycles. The number of nitrogens with zero attached hydrogens (tertiary/aromatic N) is 5. The zero-order valence-electron chi connectivity index (χ0n) is 15.5. The van der Waals surface area contributed by atoms with Crippen LogP contribution >= 0.6 is 0 Å². The van der Waals surface area contributed by atoms with Crippen LogP contribution < -0.4 is 11.0 Å². The molecule has 1 fully saturated rings. The average Bonchev–Trinajstić information content (AvgIpc) is 3.28. The Labute approximate surface area is 157 Å². The third-order valence-corrected chi connectivity index (χ3v) is 4.96. The van der Waals surface area contributed by atoms with E-state index < -0.39 is 0 Å². The molecule has 1 aliphatic heterocycles. The van der Waals surface area contributed by atoms with Gasteiger partial charge in [-0.15, -0.1) is 0 Å².